The second kappa shape index (κ2) is 7.09. The van der Waals surface area contributed by atoms with E-state index in [9.17, 15) is 4.79 Å². The molecule has 0 bridgehead atoms. The fourth-order valence-corrected chi connectivity index (χ4v) is 2.27. The number of carbonyl (C=O) groups is 1. The SMILES string of the molecule is CCc1cc(Cl)cc(CC)c1CC(=O)N(C)N=NN. The maximum atomic E-state index is 12.0. The average Bonchev–Trinajstić information content (AvgIpc) is 2.40. The van der Waals surface area contributed by atoms with E-state index in [4.69, 9.17) is 17.4 Å². The Bertz CT molecular complexity index is 463. The number of aryl methyl sites for hydroxylation is 2. The molecule has 1 rings (SSSR count). The zero-order valence-corrected chi connectivity index (χ0v) is 12.2. The Morgan fingerprint density at radius 1 is 1.32 bits per heavy atom. The van der Waals surface area contributed by atoms with Gasteiger partial charge in [-0.05, 0) is 46.9 Å². The Hall–Kier alpha value is -1.62. The molecule has 0 radical (unpaired) electrons. The van der Waals surface area contributed by atoms with Gasteiger partial charge in [0.1, 0.15) is 0 Å². The van der Waals surface area contributed by atoms with E-state index >= 15 is 0 Å². The molecular weight excluding hydrogens is 264 g/mol. The summed E-state index contributed by atoms with van der Waals surface area (Å²) in [6.07, 6.45) is 1.94. The topological polar surface area (TPSA) is 71.0 Å². The van der Waals surface area contributed by atoms with Gasteiger partial charge < -0.3 is 5.84 Å². The van der Waals surface area contributed by atoms with Gasteiger partial charge in [-0.1, -0.05) is 30.7 Å². The average molecular weight is 283 g/mol. The molecule has 0 aliphatic heterocycles. The minimum Gasteiger partial charge on any atom is -0.303 e. The lowest BCUT2D eigenvalue weighted by Crippen LogP contribution is -2.24. The van der Waals surface area contributed by atoms with Crippen LogP contribution < -0.4 is 5.84 Å². The molecule has 0 aliphatic carbocycles. The van der Waals surface area contributed by atoms with Crippen LogP contribution in [0.4, 0.5) is 0 Å². The highest BCUT2D eigenvalue weighted by atomic mass is 35.5. The molecule has 0 fully saturated rings. The Balaban J connectivity index is 3.08. The van der Waals surface area contributed by atoms with Crippen molar-refractivity contribution in [1.82, 2.24) is 5.01 Å². The summed E-state index contributed by atoms with van der Waals surface area (Å²) in [4.78, 5) is 12.0. The van der Waals surface area contributed by atoms with Crippen molar-refractivity contribution in [3.05, 3.63) is 33.8 Å². The summed E-state index contributed by atoms with van der Waals surface area (Å²) in [5.74, 6) is 4.79. The third-order valence-corrected chi connectivity index (χ3v) is 3.25. The number of rotatable bonds is 5. The summed E-state index contributed by atoms with van der Waals surface area (Å²) >= 11 is 6.08. The zero-order valence-electron chi connectivity index (χ0n) is 11.5. The monoisotopic (exact) mass is 282 g/mol. The van der Waals surface area contributed by atoms with Crippen molar-refractivity contribution in [2.75, 3.05) is 7.05 Å². The molecule has 0 spiro atoms. The van der Waals surface area contributed by atoms with Gasteiger partial charge in [0.25, 0.3) is 0 Å². The number of carbonyl (C=O) groups excluding carboxylic acids is 1. The predicted octanol–water partition coefficient (Wildman–Crippen LogP) is 2.71. The van der Waals surface area contributed by atoms with E-state index in [0.717, 1.165) is 34.5 Å². The molecule has 5 nitrogen and oxygen atoms in total. The molecule has 0 aromatic heterocycles. The third-order valence-electron chi connectivity index (χ3n) is 3.04. The van der Waals surface area contributed by atoms with Gasteiger partial charge in [0, 0.05) is 12.1 Å². The molecular formula is C13H19ClN4O. The van der Waals surface area contributed by atoms with E-state index in [1.165, 1.54) is 7.05 Å². The van der Waals surface area contributed by atoms with Crippen LogP contribution in [-0.4, -0.2) is 18.0 Å². The van der Waals surface area contributed by atoms with Gasteiger partial charge in [-0.15, -0.1) is 0 Å². The molecule has 0 unspecified atom stereocenters. The summed E-state index contributed by atoms with van der Waals surface area (Å²) < 4.78 is 0. The van der Waals surface area contributed by atoms with Gasteiger partial charge in [-0.2, -0.15) is 0 Å². The standard InChI is InChI=1S/C13H19ClN4O/c1-4-9-6-11(14)7-10(5-2)12(9)8-13(19)18(3)17-16-15/h6-7H,4-5,8H2,1-3H3,(H2,15,17). The molecule has 0 saturated heterocycles. The molecule has 0 atom stereocenters. The number of amides is 1. The molecule has 104 valence electrons. The summed E-state index contributed by atoms with van der Waals surface area (Å²) in [6.45, 7) is 4.09. The Morgan fingerprint density at radius 2 is 1.84 bits per heavy atom. The maximum absolute atomic E-state index is 12.0. The largest absolute Gasteiger partial charge is 0.303 e. The van der Waals surface area contributed by atoms with Crippen LogP contribution in [0.1, 0.15) is 30.5 Å². The number of nitrogens with two attached hydrogens (primary N) is 1. The highest BCUT2D eigenvalue weighted by Crippen LogP contribution is 2.23. The minimum absolute atomic E-state index is 0.152. The van der Waals surface area contributed by atoms with Crippen molar-refractivity contribution >= 4 is 17.5 Å². The van der Waals surface area contributed by atoms with Crippen molar-refractivity contribution in [1.29, 1.82) is 0 Å². The fourth-order valence-electron chi connectivity index (χ4n) is 2.01. The number of likely N-dealkylation sites (N-methyl/N-ethyl adjacent to an activating group) is 1. The maximum Gasteiger partial charge on any atom is 0.248 e. The summed E-state index contributed by atoms with van der Waals surface area (Å²) in [5.41, 5.74) is 3.21. The summed E-state index contributed by atoms with van der Waals surface area (Å²) in [6, 6.07) is 3.82. The first kappa shape index (κ1) is 15.4. The molecule has 6 heteroatoms. The Labute approximate surface area is 118 Å². The van der Waals surface area contributed by atoms with Crippen LogP contribution in [-0.2, 0) is 24.1 Å². The van der Waals surface area contributed by atoms with Gasteiger partial charge in [-0.25, -0.2) is 5.01 Å². The number of halogens is 1. The molecule has 1 amide bonds. The Kier molecular flexibility index (Phi) is 5.76. The van der Waals surface area contributed by atoms with E-state index in [1.807, 2.05) is 26.0 Å². The molecule has 19 heavy (non-hydrogen) atoms. The van der Waals surface area contributed by atoms with E-state index in [-0.39, 0.29) is 12.3 Å². The first-order valence-electron chi connectivity index (χ1n) is 6.21. The van der Waals surface area contributed by atoms with Crippen LogP contribution in [0.2, 0.25) is 5.02 Å². The van der Waals surface area contributed by atoms with E-state index in [2.05, 4.69) is 10.4 Å². The lowest BCUT2D eigenvalue weighted by molar-refractivity contribution is -0.129. The molecule has 1 aromatic carbocycles. The van der Waals surface area contributed by atoms with Gasteiger partial charge in [0.05, 0.1) is 6.42 Å². The smallest absolute Gasteiger partial charge is 0.248 e. The van der Waals surface area contributed by atoms with Gasteiger partial charge >= 0.3 is 0 Å². The van der Waals surface area contributed by atoms with Gasteiger partial charge in [0.15, 0.2) is 0 Å². The molecule has 0 heterocycles. The van der Waals surface area contributed by atoms with Gasteiger partial charge in [0.2, 0.25) is 5.91 Å². The van der Waals surface area contributed by atoms with Crippen LogP contribution in [0.15, 0.2) is 22.6 Å². The van der Waals surface area contributed by atoms with Crippen LogP contribution >= 0.6 is 11.6 Å². The van der Waals surface area contributed by atoms with Crippen molar-refractivity contribution in [3.63, 3.8) is 0 Å². The lowest BCUT2D eigenvalue weighted by atomic mass is 9.95. The van der Waals surface area contributed by atoms with Crippen molar-refractivity contribution in [2.24, 2.45) is 16.3 Å². The number of hydrogen-bond acceptors (Lipinski definition) is 3. The van der Waals surface area contributed by atoms with Crippen LogP contribution in [0.25, 0.3) is 0 Å². The van der Waals surface area contributed by atoms with E-state index in [1.54, 1.807) is 0 Å². The number of hydrogen-bond donors (Lipinski definition) is 1. The summed E-state index contributed by atoms with van der Waals surface area (Å²) in [7, 11) is 1.53. The van der Waals surface area contributed by atoms with Crippen LogP contribution in [0, 0.1) is 0 Å². The zero-order chi connectivity index (χ0) is 14.4. The highest BCUT2D eigenvalue weighted by molar-refractivity contribution is 6.30. The molecule has 1 aromatic rings. The molecule has 0 saturated carbocycles. The van der Waals surface area contributed by atoms with Crippen LogP contribution in [0.5, 0.6) is 0 Å². The van der Waals surface area contributed by atoms with Crippen molar-refractivity contribution in [2.45, 2.75) is 33.1 Å². The van der Waals surface area contributed by atoms with Crippen molar-refractivity contribution < 1.29 is 4.79 Å². The second-order valence-corrected chi connectivity index (χ2v) is 4.65. The molecule has 0 aliphatic rings. The van der Waals surface area contributed by atoms with E-state index in [0.29, 0.717) is 5.02 Å². The van der Waals surface area contributed by atoms with Crippen molar-refractivity contribution in [3.8, 4) is 0 Å². The van der Waals surface area contributed by atoms with E-state index < -0.39 is 0 Å². The minimum atomic E-state index is -0.152. The lowest BCUT2D eigenvalue weighted by Gasteiger charge is -2.15. The number of benzene rings is 1. The fraction of sp³-hybridized carbons (Fsp3) is 0.462. The summed E-state index contributed by atoms with van der Waals surface area (Å²) in [5, 5.41) is 8.47. The highest BCUT2D eigenvalue weighted by Gasteiger charge is 2.15. The quantitative estimate of drug-likeness (QED) is 0.512. The first-order valence-corrected chi connectivity index (χ1v) is 6.58. The number of nitrogens with zero attached hydrogens (tertiary/aromatic N) is 3. The first-order chi connectivity index (χ1) is 9.03. The third kappa shape index (κ3) is 3.92. The normalized spacial score (nSPS) is 10.9. The molecule has 2 N–H and O–H groups in total. The second-order valence-electron chi connectivity index (χ2n) is 4.21. The predicted molar refractivity (Wildman–Crippen MR) is 75.7 cm³/mol. The Morgan fingerprint density at radius 3 is 2.26 bits per heavy atom. The van der Waals surface area contributed by atoms with Gasteiger partial charge in [-0.3, -0.25) is 4.79 Å². The van der Waals surface area contributed by atoms with Crippen LogP contribution in [0.3, 0.4) is 0 Å².